The zero-order valence-corrected chi connectivity index (χ0v) is 19.9. The minimum atomic E-state index is -0.558. The van der Waals surface area contributed by atoms with Crippen molar-refractivity contribution >= 4 is 46.5 Å². The molecule has 8 heteroatoms. The molecule has 0 fully saturated rings. The number of esters is 2. The predicted molar refractivity (Wildman–Crippen MR) is 127 cm³/mol. The first kappa shape index (κ1) is 24.0. The first-order valence-corrected chi connectivity index (χ1v) is 10.9. The molecule has 1 aliphatic rings. The Balaban J connectivity index is 1.99. The summed E-state index contributed by atoms with van der Waals surface area (Å²) in [7, 11) is 2.68. The van der Waals surface area contributed by atoms with Gasteiger partial charge in [0.1, 0.15) is 0 Å². The second kappa shape index (κ2) is 10.3. The van der Waals surface area contributed by atoms with Crippen molar-refractivity contribution in [3.05, 3.63) is 68.8 Å². The molecule has 0 bridgehead atoms. The molecule has 2 atom stereocenters. The zero-order valence-electron chi connectivity index (χ0n) is 18.4. The van der Waals surface area contributed by atoms with Gasteiger partial charge in [0, 0.05) is 24.6 Å². The monoisotopic (exact) mass is 476 g/mol. The molecule has 0 aliphatic heterocycles. The van der Waals surface area contributed by atoms with Crippen LogP contribution in [0.3, 0.4) is 0 Å². The number of benzene rings is 2. The van der Waals surface area contributed by atoms with Crippen molar-refractivity contribution < 1.29 is 19.1 Å². The van der Waals surface area contributed by atoms with Crippen LogP contribution in [0, 0.1) is 19.8 Å². The zero-order chi connectivity index (χ0) is 23.4. The van der Waals surface area contributed by atoms with Crippen LogP contribution in [0.4, 0.5) is 11.4 Å². The van der Waals surface area contributed by atoms with Gasteiger partial charge in [0.25, 0.3) is 0 Å². The maximum Gasteiger partial charge on any atom is 0.335 e. The van der Waals surface area contributed by atoms with Gasteiger partial charge in [0.05, 0.1) is 47.1 Å². The number of carbonyl (C=O) groups is 2. The van der Waals surface area contributed by atoms with E-state index in [1.807, 2.05) is 50.2 Å². The van der Waals surface area contributed by atoms with E-state index in [4.69, 9.17) is 32.7 Å². The lowest BCUT2D eigenvalue weighted by molar-refractivity contribution is -0.146. The quantitative estimate of drug-likeness (QED) is 0.535. The molecule has 0 spiro atoms. The molecule has 0 radical (unpaired) electrons. The highest BCUT2D eigenvalue weighted by molar-refractivity contribution is 6.33. The molecule has 0 aromatic heterocycles. The maximum absolute atomic E-state index is 12.7. The lowest BCUT2D eigenvalue weighted by Gasteiger charge is -2.34. The molecular weight excluding hydrogens is 451 g/mol. The first-order chi connectivity index (χ1) is 15.2. The van der Waals surface area contributed by atoms with Gasteiger partial charge < -0.3 is 20.1 Å². The summed E-state index contributed by atoms with van der Waals surface area (Å²) in [5, 5.41) is 7.62. The Labute approximate surface area is 197 Å². The SMILES string of the molecule is COC(=O)C1=C(Nc2ccc(C)cc2Cl)CC(C(=O)OC)C(Nc2ccc(C)cc2Cl)C1. The van der Waals surface area contributed by atoms with Crippen molar-refractivity contribution in [3.8, 4) is 0 Å². The van der Waals surface area contributed by atoms with Gasteiger partial charge in [-0.1, -0.05) is 35.3 Å². The molecule has 32 heavy (non-hydrogen) atoms. The molecule has 0 heterocycles. The van der Waals surface area contributed by atoms with Crippen LogP contribution in [-0.2, 0) is 19.1 Å². The van der Waals surface area contributed by atoms with Crippen LogP contribution in [0.25, 0.3) is 0 Å². The number of nitrogens with one attached hydrogen (secondary N) is 2. The number of methoxy groups -OCH3 is 2. The van der Waals surface area contributed by atoms with Crippen LogP contribution in [0.2, 0.25) is 10.0 Å². The van der Waals surface area contributed by atoms with Crippen LogP contribution >= 0.6 is 23.2 Å². The second-order valence-electron chi connectivity index (χ2n) is 7.83. The fourth-order valence-corrected chi connectivity index (χ4v) is 4.37. The molecule has 1 aliphatic carbocycles. The van der Waals surface area contributed by atoms with Crippen molar-refractivity contribution in [2.24, 2.45) is 5.92 Å². The van der Waals surface area contributed by atoms with Gasteiger partial charge in [0.15, 0.2) is 0 Å². The molecule has 2 aromatic carbocycles. The number of hydrogen-bond acceptors (Lipinski definition) is 6. The molecule has 2 unspecified atom stereocenters. The average molecular weight is 477 g/mol. The standard InChI is InChI=1S/C24H26Cl2N2O4/c1-13-5-7-19(17(25)9-13)27-21-11-16(24(30)32-4)22(12-15(21)23(29)31-3)28-20-8-6-14(2)10-18(20)26/h5-10,15,21,27-28H,11-12H2,1-4H3. The number of ether oxygens (including phenoxy) is 2. The fourth-order valence-electron chi connectivity index (χ4n) is 3.80. The normalized spacial score (nSPS) is 18.2. The van der Waals surface area contributed by atoms with E-state index in [1.54, 1.807) is 0 Å². The predicted octanol–water partition coefficient (Wildman–Crippen LogP) is 5.51. The molecular formula is C24H26Cl2N2O4. The number of anilines is 2. The molecule has 0 saturated carbocycles. The van der Waals surface area contributed by atoms with Crippen LogP contribution < -0.4 is 10.6 Å². The Hall–Kier alpha value is -2.70. The largest absolute Gasteiger partial charge is 0.469 e. The summed E-state index contributed by atoms with van der Waals surface area (Å²) in [5.41, 5.74) is 4.36. The van der Waals surface area contributed by atoms with Gasteiger partial charge >= 0.3 is 11.9 Å². The highest BCUT2D eigenvalue weighted by Gasteiger charge is 2.38. The summed E-state index contributed by atoms with van der Waals surface area (Å²) in [6.45, 7) is 3.88. The third-order valence-corrected chi connectivity index (χ3v) is 6.13. The van der Waals surface area contributed by atoms with Gasteiger partial charge in [-0.15, -0.1) is 0 Å². The molecule has 2 N–H and O–H groups in total. The molecule has 170 valence electrons. The molecule has 6 nitrogen and oxygen atoms in total. The number of hydrogen-bond donors (Lipinski definition) is 2. The van der Waals surface area contributed by atoms with Crippen molar-refractivity contribution in [1.29, 1.82) is 0 Å². The number of carbonyl (C=O) groups excluding carboxylic acids is 2. The Morgan fingerprint density at radius 1 is 0.906 bits per heavy atom. The molecule has 2 aromatic rings. The Kier molecular flexibility index (Phi) is 7.69. The van der Waals surface area contributed by atoms with Crippen LogP contribution in [-0.4, -0.2) is 32.2 Å². The number of allylic oxidation sites excluding steroid dienone is 1. The van der Waals surface area contributed by atoms with E-state index < -0.39 is 17.9 Å². The minimum absolute atomic E-state index is 0.239. The molecule has 0 amide bonds. The summed E-state index contributed by atoms with van der Waals surface area (Å²) in [6.07, 6.45) is 0.477. The first-order valence-electron chi connectivity index (χ1n) is 10.2. The topological polar surface area (TPSA) is 76.7 Å². The number of aryl methyl sites for hydroxylation is 2. The highest BCUT2D eigenvalue weighted by atomic mass is 35.5. The van der Waals surface area contributed by atoms with E-state index in [2.05, 4.69) is 10.6 Å². The van der Waals surface area contributed by atoms with E-state index in [0.717, 1.165) is 11.1 Å². The Bertz CT molecular complexity index is 1070. The van der Waals surface area contributed by atoms with Crippen molar-refractivity contribution in [2.45, 2.75) is 32.7 Å². The van der Waals surface area contributed by atoms with Crippen molar-refractivity contribution in [1.82, 2.24) is 0 Å². The molecule has 0 saturated heterocycles. The van der Waals surface area contributed by atoms with E-state index in [1.165, 1.54) is 14.2 Å². The van der Waals surface area contributed by atoms with Gasteiger partial charge in [-0.3, -0.25) is 4.79 Å². The maximum atomic E-state index is 12.7. The van der Waals surface area contributed by atoms with Crippen molar-refractivity contribution in [3.63, 3.8) is 0 Å². The third kappa shape index (κ3) is 5.37. The van der Waals surface area contributed by atoms with E-state index >= 15 is 0 Å². The van der Waals surface area contributed by atoms with E-state index in [9.17, 15) is 9.59 Å². The van der Waals surface area contributed by atoms with Crippen molar-refractivity contribution in [2.75, 3.05) is 24.9 Å². The minimum Gasteiger partial charge on any atom is -0.469 e. The number of halogens is 2. The lowest BCUT2D eigenvalue weighted by Crippen LogP contribution is -2.41. The second-order valence-corrected chi connectivity index (χ2v) is 8.64. The van der Waals surface area contributed by atoms with Gasteiger partial charge in [-0.25, -0.2) is 4.79 Å². The summed E-state index contributed by atoms with van der Waals surface area (Å²) < 4.78 is 10.1. The van der Waals surface area contributed by atoms with Crippen LogP contribution in [0.1, 0.15) is 24.0 Å². The van der Waals surface area contributed by atoms with Crippen LogP contribution in [0.5, 0.6) is 0 Å². The van der Waals surface area contributed by atoms with E-state index in [-0.39, 0.29) is 18.8 Å². The summed E-state index contributed by atoms with van der Waals surface area (Å²) in [4.78, 5) is 25.3. The highest BCUT2D eigenvalue weighted by Crippen LogP contribution is 2.36. The Morgan fingerprint density at radius 3 is 2.03 bits per heavy atom. The van der Waals surface area contributed by atoms with Gasteiger partial charge in [0.2, 0.25) is 0 Å². The van der Waals surface area contributed by atoms with E-state index in [0.29, 0.717) is 32.7 Å². The number of rotatable bonds is 6. The van der Waals surface area contributed by atoms with Gasteiger partial charge in [-0.2, -0.15) is 0 Å². The third-order valence-electron chi connectivity index (χ3n) is 5.51. The Morgan fingerprint density at radius 2 is 1.50 bits per heavy atom. The smallest absolute Gasteiger partial charge is 0.335 e. The lowest BCUT2D eigenvalue weighted by atomic mass is 9.82. The summed E-state index contributed by atoms with van der Waals surface area (Å²) in [6, 6.07) is 10.8. The summed E-state index contributed by atoms with van der Waals surface area (Å²) >= 11 is 12.8. The van der Waals surface area contributed by atoms with Crippen LogP contribution in [0.15, 0.2) is 47.7 Å². The molecule has 3 rings (SSSR count). The summed E-state index contributed by atoms with van der Waals surface area (Å²) in [5.74, 6) is -1.41. The fraction of sp³-hybridized carbons (Fsp3) is 0.333. The average Bonchev–Trinajstić information content (AvgIpc) is 2.76. The van der Waals surface area contributed by atoms with Gasteiger partial charge in [-0.05, 0) is 49.2 Å².